The first-order valence-electron chi connectivity index (χ1n) is 5.76. The lowest BCUT2D eigenvalue weighted by Gasteiger charge is -2.34. The molecular weight excluding hydrogens is 212 g/mol. The van der Waals surface area contributed by atoms with Gasteiger partial charge in [0.15, 0.2) is 6.29 Å². The van der Waals surface area contributed by atoms with Gasteiger partial charge < -0.3 is 24.8 Å². The van der Waals surface area contributed by atoms with E-state index in [2.05, 4.69) is 0 Å². The Kier molecular flexibility index (Phi) is 4.70. The Bertz CT molecular complexity index is 222. The fraction of sp³-hybridized carbons (Fsp3) is 1.00. The van der Waals surface area contributed by atoms with Gasteiger partial charge in [0, 0.05) is 0 Å². The molecule has 1 aliphatic heterocycles. The number of hydrogen-bond acceptors (Lipinski definition) is 5. The molecule has 0 radical (unpaired) electrons. The lowest BCUT2D eigenvalue weighted by atomic mass is 9.90. The fourth-order valence-corrected chi connectivity index (χ4v) is 1.92. The van der Waals surface area contributed by atoms with E-state index in [1.165, 1.54) is 0 Å². The fourth-order valence-electron chi connectivity index (χ4n) is 1.92. The number of ether oxygens (including phenoxy) is 2. The molecule has 1 aliphatic rings. The minimum Gasteiger partial charge on any atom is -0.394 e. The third kappa shape index (κ3) is 2.55. The van der Waals surface area contributed by atoms with E-state index in [-0.39, 0.29) is 12.4 Å². The first-order chi connectivity index (χ1) is 7.45. The second kappa shape index (κ2) is 5.42. The van der Waals surface area contributed by atoms with Crippen molar-refractivity contribution < 1.29 is 24.8 Å². The molecule has 0 aliphatic carbocycles. The van der Waals surface area contributed by atoms with Crippen molar-refractivity contribution in [2.24, 2.45) is 0 Å². The van der Waals surface area contributed by atoms with Crippen LogP contribution in [0.4, 0.5) is 0 Å². The van der Waals surface area contributed by atoms with Gasteiger partial charge in [-0.15, -0.1) is 0 Å². The molecule has 1 rings (SSSR count). The molecular formula is C11H22O5. The molecule has 16 heavy (non-hydrogen) atoms. The van der Waals surface area contributed by atoms with E-state index in [0.29, 0.717) is 0 Å². The van der Waals surface area contributed by atoms with Crippen molar-refractivity contribution in [2.75, 3.05) is 6.61 Å². The van der Waals surface area contributed by atoms with Gasteiger partial charge in [0.2, 0.25) is 0 Å². The van der Waals surface area contributed by atoms with Gasteiger partial charge in [0.05, 0.1) is 12.7 Å². The minimum absolute atomic E-state index is 0.319. The molecule has 0 bridgehead atoms. The van der Waals surface area contributed by atoms with Crippen LogP contribution >= 0.6 is 0 Å². The van der Waals surface area contributed by atoms with Crippen LogP contribution in [0.2, 0.25) is 0 Å². The molecule has 96 valence electrons. The second-order valence-corrected chi connectivity index (χ2v) is 4.49. The van der Waals surface area contributed by atoms with Crippen LogP contribution in [0.5, 0.6) is 0 Å². The third-order valence-electron chi connectivity index (χ3n) is 3.21. The Labute approximate surface area is 96.0 Å². The maximum absolute atomic E-state index is 9.92. The summed E-state index contributed by atoms with van der Waals surface area (Å²) in [5.74, 6) is 0. The van der Waals surface area contributed by atoms with Gasteiger partial charge in [-0.1, -0.05) is 13.3 Å². The Balaban J connectivity index is 2.69. The van der Waals surface area contributed by atoms with Gasteiger partial charge in [0.1, 0.15) is 17.8 Å². The van der Waals surface area contributed by atoms with Gasteiger partial charge in [-0.3, -0.25) is 0 Å². The highest BCUT2D eigenvalue weighted by molar-refractivity contribution is 4.96. The van der Waals surface area contributed by atoms with E-state index in [4.69, 9.17) is 14.6 Å². The lowest BCUT2D eigenvalue weighted by Crippen LogP contribution is -2.53. The number of aliphatic hydroxyl groups is 3. The predicted molar refractivity (Wildman–Crippen MR) is 57.8 cm³/mol. The van der Waals surface area contributed by atoms with Crippen molar-refractivity contribution >= 4 is 0 Å². The van der Waals surface area contributed by atoms with Crippen LogP contribution < -0.4 is 0 Å². The average molecular weight is 234 g/mol. The summed E-state index contributed by atoms with van der Waals surface area (Å²) in [5.41, 5.74) is -0.970. The van der Waals surface area contributed by atoms with E-state index in [9.17, 15) is 10.2 Å². The lowest BCUT2D eigenvalue weighted by molar-refractivity contribution is -0.159. The molecule has 1 saturated heterocycles. The summed E-state index contributed by atoms with van der Waals surface area (Å²) in [4.78, 5) is 0. The highest BCUT2D eigenvalue weighted by Crippen LogP contribution is 2.35. The molecule has 5 atom stereocenters. The van der Waals surface area contributed by atoms with Crippen LogP contribution in [0.15, 0.2) is 0 Å². The topological polar surface area (TPSA) is 79.2 Å². The molecule has 5 unspecified atom stereocenters. The van der Waals surface area contributed by atoms with Crippen molar-refractivity contribution in [3.05, 3.63) is 0 Å². The Hall–Kier alpha value is -0.200. The van der Waals surface area contributed by atoms with Crippen LogP contribution in [0, 0.1) is 0 Å². The SMILES string of the molecule is CCCC1OC(C)C(C)(C(O)C(O)CO)O1. The monoisotopic (exact) mass is 234 g/mol. The van der Waals surface area contributed by atoms with Crippen molar-refractivity contribution in [3.8, 4) is 0 Å². The summed E-state index contributed by atoms with van der Waals surface area (Å²) < 4.78 is 11.2. The van der Waals surface area contributed by atoms with E-state index in [0.717, 1.165) is 12.8 Å². The zero-order valence-corrected chi connectivity index (χ0v) is 10.1. The van der Waals surface area contributed by atoms with Crippen molar-refractivity contribution in [1.29, 1.82) is 0 Å². The van der Waals surface area contributed by atoms with Crippen LogP contribution in [0.3, 0.4) is 0 Å². The van der Waals surface area contributed by atoms with E-state index in [1.54, 1.807) is 13.8 Å². The molecule has 5 nitrogen and oxygen atoms in total. The molecule has 0 aromatic heterocycles. The second-order valence-electron chi connectivity index (χ2n) is 4.49. The molecule has 0 amide bonds. The zero-order valence-electron chi connectivity index (χ0n) is 10.1. The number of rotatable bonds is 5. The van der Waals surface area contributed by atoms with E-state index >= 15 is 0 Å². The van der Waals surface area contributed by atoms with Crippen LogP contribution in [0.25, 0.3) is 0 Å². The van der Waals surface area contributed by atoms with Crippen molar-refractivity contribution in [1.82, 2.24) is 0 Å². The quantitative estimate of drug-likeness (QED) is 0.625. The van der Waals surface area contributed by atoms with Gasteiger partial charge in [0.25, 0.3) is 0 Å². The number of aliphatic hydroxyl groups excluding tert-OH is 3. The maximum atomic E-state index is 9.92. The highest BCUT2D eigenvalue weighted by Gasteiger charge is 2.50. The summed E-state index contributed by atoms with van der Waals surface area (Å²) in [6, 6.07) is 0. The van der Waals surface area contributed by atoms with Crippen molar-refractivity contribution in [2.45, 2.75) is 63.8 Å². The van der Waals surface area contributed by atoms with Crippen LogP contribution in [-0.2, 0) is 9.47 Å². The van der Waals surface area contributed by atoms with Gasteiger partial charge >= 0.3 is 0 Å². The molecule has 3 N–H and O–H groups in total. The van der Waals surface area contributed by atoms with Gasteiger partial charge in [-0.05, 0) is 20.3 Å². The summed E-state index contributed by atoms with van der Waals surface area (Å²) in [6.45, 7) is 5.01. The third-order valence-corrected chi connectivity index (χ3v) is 3.21. The molecule has 0 aromatic carbocycles. The van der Waals surface area contributed by atoms with Crippen molar-refractivity contribution in [3.63, 3.8) is 0 Å². The van der Waals surface area contributed by atoms with E-state index in [1.807, 2.05) is 6.92 Å². The standard InChI is InChI=1S/C11H22O5/c1-4-5-9-15-7(2)11(3,16-9)10(14)8(13)6-12/h7-10,12-14H,4-6H2,1-3H3. The Morgan fingerprint density at radius 2 is 2.00 bits per heavy atom. The molecule has 5 heteroatoms. The molecule has 0 aromatic rings. The van der Waals surface area contributed by atoms with E-state index < -0.39 is 24.4 Å². The molecule has 1 heterocycles. The Morgan fingerprint density at radius 1 is 1.38 bits per heavy atom. The first-order valence-corrected chi connectivity index (χ1v) is 5.76. The van der Waals surface area contributed by atoms with Gasteiger partial charge in [-0.2, -0.15) is 0 Å². The number of hydrogen-bond donors (Lipinski definition) is 3. The summed E-state index contributed by atoms with van der Waals surface area (Å²) in [5, 5.41) is 28.2. The predicted octanol–water partition coefficient (Wildman–Crippen LogP) is 0.0207. The smallest absolute Gasteiger partial charge is 0.159 e. The highest BCUT2D eigenvalue weighted by atomic mass is 16.7. The first kappa shape index (κ1) is 13.9. The molecule has 0 spiro atoms. The largest absolute Gasteiger partial charge is 0.394 e. The molecule has 0 saturated carbocycles. The average Bonchev–Trinajstić information content (AvgIpc) is 2.54. The molecule has 1 fully saturated rings. The summed E-state index contributed by atoms with van der Waals surface area (Å²) in [7, 11) is 0. The van der Waals surface area contributed by atoms with Crippen LogP contribution in [-0.4, -0.2) is 52.1 Å². The van der Waals surface area contributed by atoms with Crippen LogP contribution in [0.1, 0.15) is 33.6 Å². The summed E-state index contributed by atoms with van der Waals surface area (Å²) >= 11 is 0. The minimum atomic E-state index is -1.21. The Morgan fingerprint density at radius 3 is 2.50 bits per heavy atom. The van der Waals surface area contributed by atoms with Gasteiger partial charge in [-0.25, -0.2) is 0 Å². The zero-order chi connectivity index (χ0) is 12.3. The maximum Gasteiger partial charge on any atom is 0.159 e. The normalized spacial score (nSPS) is 38.6. The summed E-state index contributed by atoms with van der Waals surface area (Å²) in [6.07, 6.45) is -1.36.